The van der Waals surface area contributed by atoms with Gasteiger partial charge >= 0.3 is 0 Å². The third kappa shape index (κ3) is 4.82. The molecule has 1 atom stereocenters. The molecule has 1 aliphatic heterocycles. The number of rotatable bonds is 6. The lowest BCUT2D eigenvalue weighted by Gasteiger charge is -2.32. The second-order valence-electron chi connectivity index (χ2n) is 7.65. The van der Waals surface area contributed by atoms with Crippen LogP contribution < -0.4 is 5.32 Å². The van der Waals surface area contributed by atoms with Crippen LogP contribution in [0, 0.1) is 0 Å². The summed E-state index contributed by atoms with van der Waals surface area (Å²) in [6.07, 6.45) is 6.98. The summed E-state index contributed by atoms with van der Waals surface area (Å²) in [5.41, 5.74) is 2.84. The van der Waals surface area contributed by atoms with Crippen molar-refractivity contribution in [3.8, 4) is 11.3 Å². The molecule has 1 aromatic carbocycles. The molecule has 6 heteroatoms. The highest BCUT2D eigenvalue weighted by atomic mass is 16.2. The summed E-state index contributed by atoms with van der Waals surface area (Å²) in [6.45, 7) is 3.56. The van der Waals surface area contributed by atoms with Crippen molar-refractivity contribution in [1.82, 2.24) is 19.9 Å². The molecule has 0 radical (unpaired) electrons. The number of hydrogen-bond acceptors (Lipinski definition) is 5. The Bertz CT molecular complexity index is 977. The SMILES string of the molecule is CCCC(=O)N1CCCC(c2nc(Nc3ccccc3)cc(-c3ccncc3)n2)C1. The van der Waals surface area contributed by atoms with Gasteiger partial charge in [-0.25, -0.2) is 9.97 Å². The Labute approximate surface area is 177 Å². The first kappa shape index (κ1) is 20.0. The van der Waals surface area contributed by atoms with Crippen LogP contribution in [0.2, 0.25) is 0 Å². The molecule has 2 aromatic heterocycles. The van der Waals surface area contributed by atoms with E-state index in [2.05, 4.69) is 10.3 Å². The lowest BCUT2D eigenvalue weighted by Crippen LogP contribution is -2.39. The third-order valence-electron chi connectivity index (χ3n) is 5.37. The first-order chi connectivity index (χ1) is 14.7. The van der Waals surface area contributed by atoms with Crippen LogP contribution in [0.15, 0.2) is 60.9 Å². The molecule has 0 saturated carbocycles. The fraction of sp³-hybridized carbons (Fsp3) is 0.333. The number of benzene rings is 1. The summed E-state index contributed by atoms with van der Waals surface area (Å²) >= 11 is 0. The maximum atomic E-state index is 12.4. The predicted octanol–water partition coefficient (Wildman–Crippen LogP) is 4.79. The van der Waals surface area contributed by atoms with E-state index in [9.17, 15) is 4.79 Å². The van der Waals surface area contributed by atoms with Crippen molar-refractivity contribution in [3.63, 3.8) is 0 Å². The maximum absolute atomic E-state index is 12.4. The van der Waals surface area contributed by atoms with Gasteiger partial charge in [0.2, 0.25) is 5.91 Å². The van der Waals surface area contributed by atoms with Gasteiger partial charge in [-0.2, -0.15) is 0 Å². The highest BCUT2D eigenvalue weighted by Gasteiger charge is 2.27. The first-order valence-corrected chi connectivity index (χ1v) is 10.6. The number of para-hydroxylation sites is 1. The number of nitrogens with one attached hydrogen (secondary N) is 1. The monoisotopic (exact) mass is 401 g/mol. The molecule has 0 spiro atoms. The Kier molecular flexibility index (Phi) is 6.32. The largest absolute Gasteiger partial charge is 0.342 e. The molecular formula is C24H27N5O. The van der Waals surface area contributed by atoms with Crippen LogP contribution in [0.4, 0.5) is 11.5 Å². The smallest absolute Gasteiger partial charge is 0.222 e. The highest BCUT2D eigenvalue weighted by molar-refractivity contribution is 5.76. The van der Waals surface area contributed by atoms with Crippen molar-refractivity contribution < 1.29 is 4.79 Å². The second kappa shape index (κ2) is 9.48. The number of amides is 1. The van der Waals surface area contributed by atoms with E-state index < -0.39 is 0 Å². The minimum atomic E-state index is 0.137. The maximum Gasteiger partial charge on any atom is 0.222 e. The molecule has 3 aromatic rings. The molecule has 154 valence electrons. The Hall–Kier alpha value is -3.28. The van der Waals surface area contributed by atoms with E-state index in [-0.39, 0.29) is 11.8 Å². The van der Waals surface area contributed by atoms with Crippen molar-refractivity contribution in [1.29, 1.82) is 0 Å². The summed E-state index contributed by atoms with van der Waals surface area (Å²) in [5.74, 6) is 1.92. The van der Waals surface area contributed by atoms with Crippen LogP contribution in [0.1, 0.15) is 44.3 Å². The third-order valence-corrected chi connectivity index (χ3v) is 5.37. The van der Waals surface area contributed by atoms with Crippen molar-refractivity contribution in [2.75, 3.05) is 18.4 Å². The van der Waals surface area contributed by atoms with Gasteiger partial charge in [0.05, 0.1) is 5.69 Å². The number of aromatic nitrogens is 3. The second-order valence-corrected chi connectivity index (χ2v) is 7.65. The molecule has 1 aliphatic rings. The molecule has 3 heterocycles. The van der Waals surface area contributed by atoms with E-state index in [4.69, 9.17) is 9.97 Å². The first-order valence-electron chi connectivity index (χ1n) is 10.6. The molecule has 1 unspecified atom stereocenters. The molecule has 1 amide bonds. The molecule has 1 saturated heterocycles. The number of hydrogen-bond donors (Lipinski definition) is 1. The average Bonchev–Trinajstić information content (AvgIpc) is 2.80. The normalized spacial score (nSPS) is 16.3. The van der Waals surface area contributed by atoms with E-state index in [1.807, 2.05) is 60.4 Å². The van der Waals surface area contributed by atoms with E-state index >= 15 is 0 Å². The fourth-order valence-corrected chi connectivity index (χ4v) is 3.84. The minimum Gasteiger partial charge on any atom is -0.342 e. The standard InChI is InChI=1S/C24H27N5O/c1-2-7-23(30)29-15-6-8-19(17-29)24-27-21(18-11-13-25-14-12-18)16-22(28-24)26-20-9-4-3-5-10-20/h3-5,9-14,16,19H,2,6-8,15,17H2,1H3,(H,26,27,28). The fourth-order valence-electron chi connectivity index (χ4n) is 3.84. The van der Waals surface area contributed by atoms with Gasteiger partial charge in [-0.05, 0) is 43.5 Å². The Morgan fingerprint density at radius 2 is 1.93 bits per heavy atom. The van der Waals surface area contributed by atoms with E-state index in [0.29, 0.717) is 13.0 Å². The topological polar surface area (TPSA) is 71.0 Å². The van der Waals surface area contributed by atoms with Crippen molar-refractivity contribution in [2.45, 2.75) is 38.5 Å². The number of carbonyl (C=O) groups excluding carboxylic acids is 1. The average molecular weight is 402 g/mol. The zero-order valence-corrected chi connectivity index (χ0v) is 17.3. The molecule has 30 heavy (non-hydrogen) atoms. The molecule has 6 nitrogen and oxygen atoms in total. The number of carbonyl (C=O) groups is 1. The Balaban J connectivity index is 1.66. The van der Waals surface area contributed by atoms with Gasteiger partial charge in [0.1, 0.15) is 11.6 Å². The van der Waals surface area contributed by atoms with Crippen LogP contribution in [0.5, 0.6) is 0 Å². The van der Waals surface area contributed by atoms with Crippen molar-refractivity contribution in [3.05, 3.63) is 66.7 Å². The van der Waals surface area contributed by atoms with Gasteiger partial charge in [-0.15, -0.1) is 0 Å². The van der Waals surface area contributed by atoms with Gasteiger partial charge in [-0.3, -0.25) is 9.78 Å². The highest BCUT2D eigenvalue weighted by Crippen LogP contribution is 2.29. The Morgan fingerprint density at radius 1 is 1.13 bits per heavy atom. The zero-order valence-electron chi connectivity index (χ0n) is 17.3. The quantitative estimate of drug-likeness (QED) is 0.643. The summed E-state index contributed by atoms with van der Waals surface area (Å²) in [7, 11) is 0. The van der Waals surface area contributed by atoms with E-state index in [0.717, 1.165) is 54.4 Å². The molecule has 1 fully saturated rings. The molecule has 1 N–H and O–H groups in total. The lowest BCUT2D eigenvalue weighted by molar-refractivity contribution is -0.132. The number of piperidine rings is 1. The van der Waals surface area contributed by atoms with Gasteiger partial charge in [0, 0.05) is 55.1 Å². The van der Waals surface area contributed by atoms with Crippen LogP contribution in [0.3, 0.4) is 0 Å². The van der Waals surface area contributed by atoms with Crippen LogP contribution >= 0.6 is 0 Å². The molecule has 4 rings (SSSR count). The van der Waals surface area contributed by atoms with Crippen LogP contribution in [-0.2, 0) is 4.79 Å². The molecule has 0 aliphatic carbocycles. The van der Waals surface area contributed by atoms with Gasteiger partial charge in [-0.1, -0.05) is 25.1 Å². The number of anilines is 2. The Morgan fingerprint density at radius 3 is 2.70 bits per heavy atom. The molecule has 0 bridgehead atoms. The summed E-state index contributed by atoms with van der Waals surface area (Å²) in [4.78, 5) is 28.3. The summed E-state index contributed by atoms with van der Waals surface area (Å²) < 4.78 is 0. The van der Waals surface area contributed by atoms with E-state index in [1.165, 1.54) is 0 Å². The number of nitrogens with zero attached hydrogens (tertiary/aromatic N) is 4. The number of likely N-dealkylation sites (tertiary alicyclic amines) is 1. The number of pyridine rings is 1. The molecular weight excluding hydrogens is 374 g/mol. The zero-order chi connectivity index (χ0) is 20.8. The van der Waals surface area contributed by atoms with Crippen molar-refractivity contribution in [2.24, 2.45) is 0 Å². The van der Waals surface area contributed by atoms with Crippen LogP contribution in [-0.4, -0.2) is 38.8 Å². The van der Waals surface area contributed by atoms with Crippen molar-refractivity contribution >= 4 is 17.4 Å². The predicted molar refractivity (Wildman–Crippen MR) is 118 cm³/mol. The van der Waals surface area contributed by atoms with Gasteiger partial charge in [0.25, 0.3) is 0 Å². The van der Waals surface area contributed by atoms with Crippen LogP contribution in [0.25, 0.3) is 11.3 Å². The van der Waals surface area contributed by atoms with E-state index in [1.54, 1.807) is 12.4 Å². The lowest BCUT2D eigenvalue weighted by atomic mass is 9.96. The minimum absolute atomic E-state index is 0.137. The van der Waals surface area contributed by atoms with Gasteiger partial charge in [0.15, 0.2) is 0 Å². The summed E-state index contributed by atoms with van der Waals surface area (Å²) in [6, 6.07) is 15.9. The summed E-state index contributed by atoms with van der Waals surface area (Å²) in [5, 5.41) is 3.40. The van der Waals surface area contributed by atoms with Gasteiger partial charge < -0.3 is 10.2 Å².